The quantitative estimate of drug-likeness (QED) is 0.780. The minimum Gasteiger partial charge on any atom is -0.379 e. The van der Waals surface area contributed by atoms with E-state index in [0.717, 1.165) is 39.5 Å². The Labute approximate surface area is 103 Å². The normalized spacial score (nSPS) is 19.1. The number of ether oxygens (including phenoxy) is 2. The zero-order valence-corrected chi connectivity index (χ0v) is 10.5. The van der Waals surface area contributed by atoms with E-state index in [1.54, 1.807) is 0 Å². The highest BCUT2D eigenvalue weighted by Gasteiger charge is 2.18. The Kier molecular flexibility index (Phi) is 4.98. The van der Waals surface area contributed by atoms with Gasteiger partial charge in [-0.15, -0.1) is 0 Å². The first-order valence-corrected chi connectivity index (χ1v) is 6.37. The van der Waals surface area contributed by atoms with Gasteiger partial charge in [-0.1, -0.05) is 30.3 Å². The molecule has 0 saturated carbocycles. The lowest BCUT2D eigenvalue weighted by Gasteiger charge is -2.30. The summed E-state index contributed by atoms with van der Waals surface area (Å²) in [4.78, 5) is 2.41. The van der Waals surface area contributed by atoms with Crippen LogP contribution >= 0.6 is 0 Å². The van der Waals surface area contributed by atoms with Crippen molar-refractivity contribution in [2.45, 2.75) is 13.0 Å². The van der Waals surface area contributed by atoms with Gasteiger partial charge in [0.15, 0.2) is 0 Å². The van der Waals surface area contributed by atoms with Crippen molar-refractivity contribution in [3.05, 3.63) is 35.9 Å². The predicted molar refractivity (Wildman–Crippen MR) is 68.1 cm³/mol. The van der Waals surface area contributed by atoms with Gasteiger partial charge in [-0.3, -0.25) is 4.90 Å². The van der Waals surface area contributed by atoms with Crippen LogP contribution in [0.3, 0.4) is 0 Å². The monoisotopic (exact) mass is 235 g/mol. The Morgan fingerprint density at radius 1 is 1.24 bits per heavy atom. The molecular weight excluding hydrogens is 214 g/mol. The van der Waals surface area contributed by atoms with Crippen LogP contribution in [-0.2, 0) is 9.47 Å². The van der Waals surface area contributed by atoms with Gasteiger partial charge in [0.2, 0.25) is 0 Å². The summed E-state index contributed by atoms with van der Waals surface area (Å²) in [5.74, 6) is 0. The van der Waals surface area contributed by atoms with Crippen molar-refractivity contribution in [3.8, 4) is 0 Å². The largest absolute Gasteiger partial charge is 0.379 e. The SMILES string of the molecule is CCO[C@H](CN1CCOCC1)c1ccccc1. The zero-order chi connectivity index (χ0) is 11.9. The average molecular weight is 235 g/mol. The molecule has 1 aromatic carbocycles. The zero-order valence-electron chi connectivity index (χ0n) is 10.5. The summed E-state index contributed by atoms with van der Waals surface area (Å²) in [6.45, 7) is 7.47. The van der Waals surface area contributed by atoms with Gasteiger partial charge in [0, 0.05) is 26.2 Å². The minimum absolute atomic E-state index is 0.180. The fourth-order valence-corrected chi connectivity index (χ4v) is 2.14. The van der Waals surface area contributed by atoms with Crippen molar-refractivity contribution >= 4 is 0 Å². The second-order valence-corrected chi connectivity index (χ2v) is 4.27. The van der Waals surface area contributed by atoms with Gasteiger partial charge in [0.1, 0.15) is 0 Å². The summed E-state index contributed by atoms with van der Waals surface area (Å²) in [5, 5.41) is 0. The highest BCUT2D eigenvalue weighted by molar-refractivity contribution is 5.18. The van der Waals surface area contributed by atoms with E-state index in [1.165, 1.54) is 5.56 Å². The van der Waals surface area contributed by atoms with Gasteiger partial charge in [-0.25, -0.2) is 0 Å². The molecule has 17 heavy (non-hydrogen) atoms. The summed E-state index contributed by atoms with van der Waals surface area (Å²) in [6, 6.07) is 10.5. The number of morpholine rings is 1. The molecule has 0 amide bonds. The molecule has 0 bridgehead atoms. The predicted octanol–water partition coefficient (Wildman–Crippen LogP) is 2.10. The lowest BCUT2D eigenvalue weighted by molar-refractivity contribution is -0.00967. The molecule has 2 rings (SSSR count). The highest BCUT2D eigenvalue weighted by atomic mass is 16.5. The third-order valence-electron chi connectivity index (χ3n) is 3.07. The molecule has 0 aliphatic carbocycles. The molecular formula is C14H21NO2. The van der Waals surface area contributed by atoms with E-state index in [1.807, 2.05) is 6.07 Å². The second-order valence-electron chi connectivity index (χ2n) is 4.27. The molecule has 1 aliphatic rings. The summed E-state index contributed by atoms with van der Waals surface area (Å²) in [6.07, 6.45) is 0.180. The summed E-state index contributed by atoms with van der Waals surface area (Å²) >= 11 is 0. The molecule has 1 aromatic rings. The molecule has 1 atom stereocenters. The van der Waals surface area contributed by atoms with Crippen LogP contribution in [0.4, 0.5) is 0 Å². The smallest absolute Gasteiger partial charge is 0.0951 e. The Bertz CT molecular complexity index is 309. The van der Waals surface area contributed by atoms with Crippen molar-refractivity contribution in [2.24, 2.45) is 0 Å². The second kappa shape index (κ2) is 6.74. The van der Waals surface area contributed by atoms with Crippen molar-refractivity contribution in [3.63, 3.8) is 0 Å². The first kappa shape index (κ1) is 12.6. The first-order chi connectivity index (χ1) is 8.40. The first-order valence-electron chi connectivity index (χ1n) is 6.37. The molecule has 1 aliphatic heterocycles. The van der Waals surface area contributed by atoms with Crippen molar-refractivity contribution in [1.82, 2.24) is 4.90 Å². The molecule has 1 heterocycles. The highest BCUT2D eigenvalue weighted by Crippen LogP contribution is 2.19. The van der Waals surface area contributed by atoms with E-state index in [-0.39, 0.29) is 6.10 Å². The van der Waals surface area contributed by atoms with Gasteiger partial charge >= 0.3 is 0 Å². The molecule has 1 fully saturated rings. The number of nitrogens with zero attached hydrogens (tertiary/aromatic N) is 1. The summed E-state index contributed by atoms with van der Waals surface area (Å²) in [5.41, 5.74) is 1.26. The molecule has 0 N–H and O–H groups in total. The maximum Gasteiger partial charge on any atom is 0.0951 e. The Morgan fingerprint density at radius 3 is 2.59 bits per heavy atom. The van der Waals surface area contributed by atoms with Crippen molar-refractivity contribution in [1.29, 1.82) is 0 Å². The van der Waals surface area contributed by atoms with Crippen LogP contribution in [0.2, 0.25) is 0 Å². The molecule has 94 valence electrons. The lowest BCUT2D eigenvalue weighted by atomic mass is 10.1. The van der Waals surface area contributed by atoms with E-state index >= 15 is 0 Å². The van der Waals surface area contributed by atoms with E-state index < -0.39 is 0 Å². The Balaban J connectivity index is 1.96. The van der Waals surface area contributed by atoms with Gasteiger partial charge in [-0.2, -0.15) is 0 Å². The molecule has 0 aromatic heterocycles. The number of benzene rings is 1. The molecule has 3 heteroatoms. The fourth-order valence-electron chi connectivity index (χ4n) is 2.14. The van der Waals surface area contributed by atoms with Gasteiger partial charge in [0.05, 0.1) is 19.3 Å². The average Bonchev–Trinajstić information content (AvgIpc) is 2.40. The Hall–Kier alpha value is -0.900. The molecule has 0 unspecified atom stereocenters. The van der Waals surface area contributed by atoms with E-state index in [4.69, 9.17) is 9.47 Å². The van der Waals surface area contributed by atoms with Crippen LogP contribution in [-0.4, -0.2) is 44.4 Å². The van der Waals surface area contributed by atoms with Gasteiger partial charge in [-0.05, 0) is 12.5 Å². The Morgan fingerprint density at radius 2 is 1.94 bits per heavy atom. The van der Waals surface area contributed by atoms with Crippen LogP contribution in [0.15, 0.2) is 30.3 Å². The molecule has 0 spiro atoms. The standard InChI is InChI=1S/C14H21NO2/c1-2-17-14(13-6-4-3-5-7-13)12-15-8-10-16-11-9-15/h3-7,14H,2,8-12H2,1H3/t14-/m1/s1. The third-order valence-corrected chi connectivity index (χ3v) is 3.07. The van der Waals surface area contributed by atoms with Crippen LogP contribution in [0, 0.1) is 0 Å². The molecule has 0 radical (unpaired) electrons. The maximum atomic E-state index is 5.85. The lowest BCUT2D eigenvalue weighted by Crippen LogP contribution is -2.39. The fraction of sp³-hybridized carbons (Fsp3) is 0.571. The van der Waals surface area contributed by atoms with Crippen LogP contribution in [0.1, 0.15) is 18.6 Å². The van der Waals surface area contributed by atoms with Crippen LogP contribution in [0.5, 0.6) is 0 Å². The van der Waals surface area contributed by atoms with Crippen molar-refractivity contribution < 1.29 is 9.47 Å². The topological polar surface area (TPSA) is 21.7 Å². The van der Waals surface area contributed by atoms with E-state index in [0.29, 0.717) is 0 Å². The maximum absolute atomic E-state index is 5.85. The summed E-state index contributed by atoms with van der Waals surface area (Å²) < 4.78 is 11.2. The molecule has 3 nitrogen and oxygen atoms in total. The third kappa shape index (κ3) is 3.80. The van der Waals surface area contributed by atoms with Crippen molar-refractivity contribution in [2.75, 3.05) is 39.5 Å². The van der Waals surface area contributed by atoms with Gasteiger partial charge in [0.25, 0.3) is 0 Å². The minimum atomic E-state index is 0.180. The summed E-state index contributed by atoms with van der Waals surface area (Å²) in [7, 11) is 0. The molecule has 1 saturated heterocycles. The van der Waals surface area contributed by atoms with E-state index in [2.05, 4.69) is 36.1 Å². The number of hydrogen-bond acceptors (Lipinski definition) is 3. The van der Waals surface area contributed by atoms with E-state index in [9.17, 15) is 0 Å². The van der Waals surface area contributed by atoms with Crippen LogP contribution in [0.25, 0.3) is 0 Å². The number of rotatable bonds is 5. The van der Waals surface area contributed by atoms with Crippen LogP contribution < -0.4 is 0 Å². The number of hydrogen-bond donors (Lipinski definition) is 0. The van der Waals surface area contributed by atoms with Gasteiger partial charge < -0.3 is 9.47 Å².